The fourth-order valence-corrected chi connectivity index (χ4v) is 3.63. The van der Waals surface area contributed by atoms with E-state index in [4.69, 9.17) is 4.74 Å². The van der Waals surface area contributed by atoms with Gasteiger partial charge in [0.15, 0.2) is 5.70 Å². The van der Waals surface area contributed by atoms with Gasteiger partial charge < -0.3 is 9.64 Å². The third-order valence-corrected chi connectivity index (χ3v) is 5.06. The van der Waals surface area contributed by atoms with Gasteiger partial charge in [-0.2, -0.15) is 0 Å². The van der Waals surface area contributed by atoms with Gasteiger partial charge in [0.1, 0.15) is 5.82 Å². The Morgan fingerprint density at radius 1 is 1.07 bits per heavy atom. The van der Waals surface area contributed by atoms with Crippen LogP contribution in [0, 0.1) is 5.82 Å². The van der Waals surface area contributed by atoms with Crippen LogP contribution in [0.3, 0.4) is 0 Å². The van der Waals surface area contributed by atoms with E-state index in [1.54, 1.807) is 18.2 Å². The number of benzene rings is 2. The Morgan fingerprint density at radius 2 is 1.78 bits per heavy atom. The zero-order valence-corrected chi connectivity index (χ0v) is 15.4. The number of anilines is 1. The summed E-state index contributed by atoms with van der Waals surface area (Å²) in [4.78, 5) is 18.5. The average Bonchev–Trinajstić information content (AvgIpc) is 3.10. The number of hydrogen-bond acceptors (Lipinski definition) is 4. The summed E-state index contributed by atoms with van der Waals surface area (Å²) in [5.41, 5.74) is 3.52. The van der Waals surface area contributed by atoms with E-state index in [0.29, 0.717) is 0 Å². The van der Waals surface area contributed by atoms with Crippen molar-refractivity contribution < 1.29 is 13.9 Å². The van der Waals surface area contributed by atoms with Crippen molar-refractivity contribution in [2.45, 2.75) is 19.3 Å². The first kappa shape index (κ1) is 17.2. The van der Waals surface area contributed by atoms with E-state index in [9.17, 15) is 9.18 Å². The summed E-state index contributed by atoms with van der Waals surface area (Å²) in [6.07, 6.45) is 3.51. The Morgan fingerprint density at radius 3 is 2.52 bits per heavy atom. The monoisotopic (exact) mass is 362 g/mol. The topological polar surface area (TPSA) is 41.9 Å². The predicted octanol–water partition coefficient (Wildman–Crippen LogP) is 4.32. The average molecular weight is 362 g/mol. The molecule has 4 nitrogen and oxygen atoms in total. The third-order valence-electron chi connectivity index (χ3n) is 5.06. The van der Waals surface area contributed by atoms with E-state index >= 15 is 0 Å². The number of ether oxygens (including phenoxy) is 1. The van der Waals surface area contributed by atoms with Gasteiger partial charge in [-0.05, 0) is 35.9 Å². The summed E-state index contributed by atoms with van der Waals surface area (Å²) in [5, 5.41) is 0. The molecule has 5 heteroatoms. The Kier molecular flexibility index (Phi) is 3.95. The minimum atomic E-state index is -0.582. The molecule has 0 unspecified atom stereocenters. The number of aliphatic imine (C=N–C) groups is 1. The quantitative estimate of drug-likeness (QED) is 0.590. The molecule has 0 aromatic heterocycles. The van der Waals surface area contributed by atoms with Crippen LogP contribution in [0.2, 0.25) is 0 Å². The minimum absolute atomic E-state index is 0.00919. The second-order valence-electron chi connectivity index (χ2n) is 7.09. The van der Waals surface area contributed by atoms with Crippen molar-refractivity contribution in [3.63, 3.8) is 0 Å². The van der Waals surface area contributed by atoms with Crippen molar-refractivity contribution in [2.24, 2.45) is 4.99 Å². The highest BCUT2D eigenvalue weighted by molar-refractivity contribution is 6.11. The predicted molar refractivity (Wildman–Crippen MR) is 103 cm³/mol. The van der Waals surface area contributed by atoms with Gasteiger partial charge in [-0.25, -0.2) is 14.2 Å². The molecule has 0 amide bonds. The van der Waals surface area contributed by atoms with Crippen molar-refractivity contribution in [2.75, 3.05) is 11.9 Å². The van der Waals surface area contributed by atoms with E-state index in [0.717, 1.165) is 11.4 Å². The fraction of sp³-hybridized carbons (Fsp3) is 0.182. The van der Waals surface area contributed by atoms with Crippen LogP contribution >= 0.6 is 0 Å². The Labute approximate surface area is 157 Å². The van der Waals surface area contributed by atoms with Gasteiger partial charge in [0, 0.05) is 23.8 Å². The SMILES string of the molecule is CN1C(=CC=C2N=C(c3ccccc3F)OC2=O)C(C)(C)c2ccccc21. The molecule has 0 spiro atoms. The number of rotatable bonds is 2. The number of para-hydroxylation sites is 1. The second-order valence-corrected chi connectivity index (χ2v) is 7.09. The number of cyclic esters (lactones) is 1. The lowest BCUT2D eigenvalue weighted by atomic mass is 9.84. The van der Waals surface area contributed by atoms with Crippen LogP contribution in [0.1, 0.15) is 25.0 Å². The number of esters is 1. The Bertz CT molecular complexity index is 1030. The van der Waals surface area contributed by atoms with E-state index in [1.807, 2.05) is 25.3 Å². The van der Waals surface area contributed by atoms with Crippen LogP contribution < -0.4 is 4.90 Å². The molecule has 0 fully saturated rings. The maximum absolute atomic E-state index is 13.9. The highest BCUT2D eigenvalue weighted by atomic mass is 19.1. The van der Waals surface area contributed by atoms with E-state index < -0.39 is 11.8 Å². The van der Waals surface area contributed by atoms with E-state index in [1.165, 1.54) is 17.7 Å². The molecule has 0 atom stereocenters. The molecule has 0 aliphatic carbocycles. The number of nitrogens with zero attached hydrogens (tertiary/aromatic N) is 2. The van der Waals surface area contributed by atoms with Gasteiger partial charge in [0.05, 0.1) is 5.56 Å². The molecule has 2 aliphatic rings. The van der Waals surface area contributed by atoms with Gasteiger partial charge in [-0.3, -0.25) is 0 Å². The fourth-order valence-electron chi connectivity index (χ4n) is 3.63. The van der Waals surface area contributed by atoms with Gasteiger partial charge in [-0.1, -0.05) is 44.2 Å². The molecule has 2 aromatic rings. The molecule has 2 heterocycles. The zero-order chi connectivity index (χ0) is 19.2. The molecular weight excluding hydrogens is 343 g/mol. The Balaban J connectivity index is 1.71. The summed E-state index contributed by atoms with van der Waals surface area (Å²) in [7, 11) is 2.00. The number of allylic oxidation sites excluding steroid dienone is 3. The maximum atomic E-state index is 13.9. The normalized spacial score (nSPS) is 20.8. The molecular formula is C22H19FN2O2. The Hall–Kier alpha value is -3.21. The third kappa shape index (κ3) is 2.76. The van der Waals surface area contributed by atoms with Gasteiger partial charge in [-0.15, -0.1) is 0 Å². The van der Waals surface area contributed by atoms with Crippen LogP contribution in [-0.2, 0) is 14.9 Å². The molecule has 4 rings (SSSR count). The molecule has 0 saturated carbocycles. The lowest BCUT2D eigenvalue weighted by Gasteiger charge is -2.23. The first-order valence-electron chi connectivity index (χ1n) is 8.71. The van der Waals surface area contributed by atoms with Crippen molar-refractivity contribution in [3.05, 3.63) is 89.0 Å². The molecule has 0 radical (unpaired) electrons. The standard InChI is InChI=1S/C22H19FN2O2/c1-22(2)15-9-5-7-11-18(15)25(3)19(22)13-12-17-21(26)27-20(24-17)14-8-4-6-10-16(14)23/h4-13H,1-3H3. The highest BCUT2D eigenvalue weighted by Crippen LogP contribution is 2.46. The summed E-state index contributed by atoms with van der Waals surface area (Å²) < 4.78 is 19.1. The first-order valence-corrected chi connectivity index (χ1v) is 8.71. The largest absolute Gasteiger partial charge is 0.402 e. The molecule has 0 N–H and O–H groups in total. The second kappa shape index (κ2) is 6.20. The molecule has 2 aromatic carbocycles. The smallest absolute Gasteiger partial charge is 0.363 e. The molecule has 136 valence electrons. The van der Waals surface area contributed by atoms with Gasteiger partial charge in [0.25, 0.3) is 0 Å². The van der Waals surface area contributed by atoms with Gasteiger partial charge in [0.2, 0.25) is 5.90 Å². The maximum Gasteiger partial charge on any atom is 0.363 e. The van der Waals surface area contributed by atoms with E-state index in [2.05, 4.69) is 35.9 Å². The summed E-state index contributed by atoms with van der Waals surface area (Å²) in [6.45, 7) is 4.28. The van der Waals surface area contributed by atoms with Crippen LogP contribution in [-0.4, -0.2) is 18.9 Å². The molecule has 2 aliphatic heterocycles. The van der Waals surface area contributed by atoms with E-state index in [-0.39, 0.29) is 22.6 Å². The highest BCUT2D eigenvalue weighted by Gasteiger charge is 2.38. The number of likely N-dealkylation sites (N-methyl/N-ethyl adjacent to an activating group) is 1. The molecule has 0 saturated heterocycles. The number of carbonyl (C=O) groups excluding carboxylic acids is 1. The molecule has 0 bridgehead atoms. The number of fused-ring (bicyclic) bond motifs is 1. The summed E-state index contributed by atoms with van der Waals surface area (Å²) in [5.74, 6) is -1.07. The van der Waals surface area contributed by atoms with Crippen LogP contribution in [0.25, 0.3) is 0 Å². The number of hydrogen-bond donors (Lipinski definition) is 0. The lowest BCUT2D eigenvalue weighted by molar-refractivity contribution is -0.130. The van der Waals surface area contributed by atoms with Crippen LogP contribution in [0.5, 0.6) is 0 Å². The van der Waals surface area contributed by atoms with Crippen molar-refractivity contribution in [1.29, 1.82) is 0 Å². The summed E-state index contributed by atoms with van der Waals surface area (Å²) >= 11 is 0. The molecule has 27 heavy (non-hydrogen) atoms. The number of carbonyl (C=O) groups is 1. The van der Waals surface area contributed by atoms with Crippen molar-refractivity contribution in [3.8, 4) is 0 Å². The van der Waals surface area contributed by atoms with Crippen molar-refractivity contribution >= 4 is 17.6 Å². The minimum Gasteiger partial charge on any atom is -0.402 e. The zero-order valence-electron chi connectivity index (χ0n) is 15.4. The first-order chi connectivity index (χ1) is 12.9. The summed E-state index contributed by atoms with van der Waals surface area (Å²) in [6, 6.07) is 14.3. The van der Waals surface area contributed by atoms with Gasteiger partial charge >= 0.3 is 5.97 Å². The van der Waals surface area contributed by atoms with Crippen LogP contribution in [0.4, 0.5) is 10.1 Å². The van der Waals surface area contributed by atoms with Crippen molar-refractivity contribution in [1.82, 2.24) is 0 Å². The number of halogens is 1. The van der Waals surface area contributed by atoms with Crippen LogP contribution in [0.15, 0.2) is 77.1 Å². The lowest BCUT2D eigenvalue weighted by Crippen LogP contribution is -2.22.